The number of anilines is 1. The fourth-order valence-electron chi connectivity index (χ4n) is 3.67. The van der Waals surface area contributed by atoms with Gasteiger partial charge >= 0.3 is 0 Å². The number of ether oxygens (including phenoxy) is 1. The van der Waals surface area contributed by atoms with E-state index in [9.17, 15) is 0 Å². The van der Waals surface area contributed by atoms with Gasteiger partial charge in [0.15, 0.2) is 0 Å². The molecule has 1 saturated heterocycles. The first-order valence-electron chi connectivity index (χ1n) is 8.67. The van der Waals surface area contributed by atoms with Gasteiger partial charge in [-0.1, -0.05) is 0 Å². The molecule has 4 rings (SSSR count). The molecule has 1 N–H and O–H groups in total. The molecule has 0 atom stereocenters. The molecule has 2 aromatic heterocycles. The van der Waals surface area contributed by atoms with Gasteiger partial charge in [-0.3, -0.25) is 9.88 Å². The molecule has 0 unspecified atom stereocenters. The number of hydrogen-bond acceptors (Lipinski definition) is 6. The van der Waals surface area contributed by atoms with Crippen molar-refractivity contribution < 1.29 is 4.74 Å². The van der Waals surface area contributed by atoms with Gasteiger partial charge in [0.05, 0.1) is 0 Å². The topological polar surface area (TPSA) is 63.2 Å². The van der Waals surface area contributed by atoms with Crippen LogP contribution in [0.1, 0.15) is 29.5 Å². The van der Waals surface area contributed by atoms with Crippen molar-refractivity contribution in [2.24, 2.45) is 0 Å². The molecule has 4 heterocycles. The average Bonchev–Trinajstić information content (AvgIpc) is 2.67. The summed E-state index contributed by atoms with van der Waals surface area (Å²) in [5.74, 6) is 0.662. The fourth-order valence-corrected chi connectivity index (χ4v) is 3.67. The van der Waals surface area contributed by atoms with E-state index in [1.54, 1.807) is 12.4 Å². The molecule has 0 saturated carbocycles. The quantitative estimate of drug-likeness (QED) is 0.855. The van der Waals surface area contributed by atoms with Crippen molar-refractivity contribution in [3.05, 3.63) is 47.5 Å². The van der Waals surface area contributed by atoms with E-state index in [1.807, 2.05) is 18.5 Å². The standard InChI is InChI=1S/C18H23N5O.2ClH/c1-5-20-18(21-6-1)22-12-14-10-19-11-15-13-23(7-2-17(14)15)16-3-8-24-9-4-16;;/h1,5-6,10-11,16H,2-4,7-9,12-13H2,(H,20,21,22);2*1H. The Hall–Kier alpha value is -1.47. The summed E-state index contributed by atoms with van der Waals surface area (Å²) in [6, 6.07) is 2.48. The number of rotatable bonds is 4. The van der Waals surface area contributed by atoms with Gasteiger partial charge in [-0.05, 0) is 42.0 Å². The number of halogens is 2. The van der Waals surface area contributed by atoms with Crippen molar-refractivity contribution >= 4 is 30.8 Å². The zero-order chi connectivity index (χ0) is 16.2. The number of hydrogen-bond donors (Lipinski definition) is 1. The van der Waals surface area contributed by atoms with Crippen molar-refractivity contribution in [1.82, 2.24) is 19.9 Å². The normalized spacial score (nSPS) is 17.5. The summed E-state index contributed by atoms with van der Waals surface area (Å²) in [7, 11) is 0. The van der Waals surface area contributed by atoms with Gasteiger partial charge in [0.2, 0.25) is 5.95 Å². The van der Waals surface area contributed by atoms with E-state index >= 15 is 0 Å². The van der Waals surface area contributed by atoms with E-state index in [4.69, 9.17) is 4.74 Å². The highest BCUT2D eigenvalue weighted by Gasteiger charge is 2.26. The van der Waals surface area contributed by atoms with Crippen molar-refractivity contribution in [3.63, 3.8) is 0 Å². The summed E-state index contributed by atoms with van der Waals surface area (Å²) < 4.78 is 5.49. The summed E-state index contributed by atoms with van der Waals surface area (Å²) >= 11 is 0. The van der Waals surface area contributed by atoms with Crippen LogP contribution in [0.4, 0.5) is 5.95 Å². The predicted octanol–water partition coefficient (Wildman–Crippen LogP) is 2.86. The third kappa shape index (κ3) is 4.82. The molecule has 2 aliphatic heterocycles. The Balaban J connectivity index is 0.00000121. The fraction of sp³-hybridized carbons (Fsp3) is 0.500. The minimum absolute atomic E-state index is 0. The van der Waals surface area contributed by atoms with E-state index in [2.05, 4.69) is 25.2 Å². The second kappa shape index (κ2) is 10.0. The lowest BCUT2D eigenvalue weighted by molar-refractivity contribution is 0.0289. The highest BCUT2D eigenvalue weighted by atomic mass is 35.5. The SMILES string of the molecule is Cl.Cl.c1cnc(NCc2cncc3c2CCN(C2CCOCC2)C3)nc1. The van der Waals surface area contributed by atoms with Gasteiger partial charge < -0.3 is 10.1 Å². The van der Waals surface area contributed by atoms with E-state index in [0.29, 0.717) is 12.0 Å². The van der Waals surface area contributed by atoms with Crippen LogP contribution in [0.5, 0.6) is 0 Å². The molecular weight excluding hydrogens is 373 g/mol. The second-order valence-electron chi connectivity index (χ2n) is 6.43. The van der Waals surface area contributed by atoms with Crippen molar-refractivity contribution in [1.29, 1.82) is 0 Å². The van der Waals surface area contributed by atoms with Gasteiger partial charge in [0.25, 0.3) is 0 Å². The van der Waals surface area contributed by atoms with Crippen molar-refractivity contribution in [2.45, 2.75) is 38.4 Å². The van der Waals surface area contributed by atoms with Crippen LogP contribution in [-0.2, 0) is 24.2 Å². The maximum absolute atomic E-state index is 5.49. The third-order valence-corrected chi connectivity index (χ3v) is 4.97. The first-order chi connectivity index (χ1) is 11.9. The molecule has 2 aliphatic rings. The molecule has 8 heteroatoms. The number of aromatic nitrogens is 3. The maximum atomic E-state index is 5.49. The molecule has 0 bridgehead atoms. The highest BCUT2D eigenvalue weighted by molar-refractivity contribution is 5.85. The van der Waals surface area contributed by atoms with Crippen LogP contribution in [-0.4, -0.2) is 45.7 Å². The molecular formula is C18H25Cl2N5O. The number of pyridine rings is 1. The summed E-state index contributed by atoms with van der Waals surface area (Å²) in [6.07, 6.45) is 10.9. The van der Waals surface area contributed by atoms with E-state index in [0.717, 1.165) is 52.1 Å². The van der Waals surface area contributed by atoms with Crippen LogP contribution in [0.3, 0.4) is 0 Å². The lowest BCUT2D eigenvalue weighted by atomic mass is 9.94. The van der Waals surface area contributed by atoms with Crippen LogP contribution >= 0.6 is 24.8 Å². The Labute approximate surface area is 166 Å². The molecule has 0 aliphatic carbocycles. The van der Waals surface area contributed by atoms with Crippen LogP contribution < -0.4 is 5.32 Å². The number of fused-ring (bicyclic) bond motifs is 1. The van der Waals surface area contributed by atoms with E-state index < -0.39 is 0 Å². The zero-order valence-electron chi connectivity index (χ0n) is 14.6. The molecule has 0 spiro atoms. The van der Waals surface area contributed by atoms with Gasteiger partial charge in [0.1, 0.15) is 0 Å². The Bertz CT molecular complexity index is 683. The Kier molecular flexibility index (Phi) is 8.03. The zero-order valence-corrected chi connectivity index (χ0v) is 16.3. The molecule has 0 aromatic carbocycles. The summed E-state index contributed by atoms with van der Waals surface area (Å²) in [5, 5.41) is 3.29. The Morgan fingerprint density at radius 3 is 2.65 bits per heavy atom. The van der Waals surface area contributed by atoms with Crippen LogP contribution in [0.2, 0.25) is 0 Å². The Morgan fingerprint density at radius 2 is 1.88 bits per heavy atom. The molecule has 0 amide bonds. The van der Waals surface area contributed by atoms with E-state index in [-0.39, 0.29) is 24.8 Å². The van der Waals surface area contributed by atoms with Gasteiger partial charge in [-0.2, -0.15) is 0 Å². The van der Waals surface area contributed by atoms with Crippen molar-refractivity contribution in [3.8, 4) is 0 Å². The molecule has 0 radical (unpaired) electrons. The summed E-state index contributed by atoms with van der Waals surface area (Å²) in [6.45, 7) is 4.64. The lowest BCUT2D eigenvalue weighted by Gasteiger charge is -2.37. The summed E-state index contributed by atoms with van der Waals surface area (Å²) in [4.78, 5) is 15.5. The van der Waals surface area contributed by atoms with Crippen LogP contribution in [0.25, 0.3) is 0 Å². The van der Waals surface area contributed by atoms with E-state index in [1.165, 1.54) is 16.7 Å². The van der Waals surface area contributed by atoms with Gasteiger partial charge in [-0.15, -0.1) is 24.8 Å². The molecule has 1 fully saturated rings. The lowest BCUT2D eigenvalue weighted by Crippen LogP contribution is -2.42. The minimum Gasteiger partial charge on any atom is -0.381 e. The smallest absolute Gasteiger partial charge is 0.222 e. The monoisotopic (exact) mass is 397 g/mol. The Morgan fingerprint density at radius 1 is 1.12 bits per heavy atom. The second-order valence-corrected chi connectivity index (χ2v) is 6.43. The molecule has 142 valence electrons. The molecule has 26 heavy (non-hydrogen) atoms. The van der Waals surface area contributed by atoms with Crippen molar-refractivity contribution in [2.75, 3.05) is 25.1 Å². The van der Waals surface area contributed by atoms with Gasteiger partial charge in [0, 0.05) is 63.7 Å². The van der Waals surface area contributed by atoms with Crippen LogP contribution in [0.15, 0.2) is 30.9 Å². The third-order valence-electron chi connectivity index (χ3n) is 4.97. The van der Waals surface area contributed by atoms with Crippen LogP contribution in [0, 0.1) is 0 Å². The summed E-state index contributed by atoms with van der Waals surface area (Å²) in [5.41, 5.74) is 4.06. The molecule has 6 nitrogen and oxygen atoms in total. The average molecular weight is 398 g/mol. The van der Waals surface area contributed by atoms with Gasteiger partial charge in [-0.25, -0.2) is 9.97 Å². The predicted molar refractivity (Wildman–Crippen MR) is 106 cm³/mol. The first kappa shape index (κ1) is 20.8. The minimum atomic E-state index is 0. The molecule has 2 aromatic rings. The number of nitrogens with zero attached hydrogens (tertiary/aromatic N) is 4. The largest absolute Gasteiger partial charge is 0.381 e. The highest BCUT2D eigenvalue weighted by Crippen LogP contribution is 2.26. The maximum Gasteiger partial charge on any atom is 0.222 e. The first-order valence-corrected chi connectivity index (χ1v) is 8.67. The number of nitrogens with one attached hydrogen (secondary N) is 1.